The maximum Gasteiger partial charge on any atom is 0.265 e. The lowest BCUT2D eigenvalue weighted by Crippen LogP contribution is -2.48. The number of benzene rings is 2. The number of hydrogen-bond donors (Lipinski definition) is 1. The molecule has 1 saturated heterocycles. The van der Waals surface area contributed by atoms with Crippen LogP contribution in [0.25, 0.3) is 0 Å². The summed E-state index contributed by atoms with van der Waals surface area (Å²) in [6.45, 7) is 8.62. The van der Waals surface area contributed by atoms with Gasteiger partial charge in [0.05, 0.1) is 18.8 Å². The first-order valence-corrected chi connectivity index (χ1v) is 11.4. The molecule has 0 spiro atoms. The third kappa shape index (κ3) is 6.17. The minimum Gasteiger partial charge on any atom is -0.482 e. The molecule has 2 heterocycles. The van der Waals surface area contributed by atoms with E-state index < -0.39 is 0 Å². The van der Waals surface area contributed by atoms with E-state index >= 15 is 0 Å². The summed E-state index contributed by atoms with van der Waals surface area (Å²) in [6.07, 6.45) is 0.817. The molecule has 33 heavy (non-hydrogen) atoms. The molecule has 1 N–H and O–H groups in total. The highest BCUT2D eigenvalue weighted by molar-refractivity contribution is 14.0. The van der Waals surface area contributed by atoms with Crippen LogP contribution in [0.4, 0.5) is 5.69 Å². The summed E-state index contributed by atoms with van der Waals surface area (Å²) < 4.78 is 11.6. The molecule has 2 aliphatic rings. The van der Waals surface area contributed by atoms with Gasteiger partial charge in [0.15, 0.2) is 12.6 Å². The predicted octanol–water partition coefficient (Wildman–Crippen LogP) is 3.77. The number of hydrogen-bond acceptors (Lipinski definition) is 4. The Bertz CT molecular complexity index is 968. The number of guanidine groups is 1. The fraction of sp³-hybridized carbons (Fsp3) is 0.440. The van der Waals surface area contributed by atoms with E-state index in [4.69, 9.17) is 14.5 Å². The van der Waals surface area contributed by atoms with Gasteiger partial charge >= 0.3 is 0 Å². The van der Waals surface area contributed by atoms with E-state index in [1.54, 1.807) is 0 Å². The number of rotatable bonds is 6. The van der Waals surface area contributed by atoms with Gasteiger partial charge < -0.3 is 24.6 Å². The average Bonchev–Trinajstić information content (AvgIpc) is 2.82. The Morgan fingerprint density at radius 1 is 1.18 bits per heavy atom. The van der Waals surface area contributed by atoms with Crippen LogP contribution in [0.5, 0.6) is 5.75 Å². The smallest absolute Gasteiger partial charge is 0.265 e. The summed E-state index contributed by atoms with van der Waals surface area (Å²) in [4.78, 5) is 21.3. The summed E-state index contributed by atoms with van der Waals surface area (Å²) in [5, 5.41) is 3.42. The maximum atomic E-state index is 12.4. The van der Waals surface area contributed by atoms with Gasteiger partial charge in [-0.25, -0.2) is 0 Å². The number of carbonyl (C=O) groups is 1. The molecule has 0 bridgehead atoms. The number of morpholine rings is 1. The molecule has 0 saturated carbocycles. The van der Waals surface area contributed by atoms with Crippen LogP contribution in [-0.4, -0.2) is 62.7 Å². The van der Waals surface area contributed by atoms with E-state index in [1.807, 2.05) is 29.2 Å². The number of aliphatic imine (C=N–C) groups is 1. The van der Waals surface area contributed by atoms with Crippen molar-refractivity contribution in [1.29, 1.82) is 0 Å². The lowest BCUT2D eigenvalue weighted by molar-refractivity contribution is -0.121. The molecule has 1 fully saturated rings. The second-order valence-corrected chi connectivity index (χ2v) is 8.05. The summed E-state index contributed by atoms with van der Waals surface area (Å²) in [5.74, 6) is 1.66. The summed E-state index contributed by atoms with van der Waals surface area (Å²) in [6, 6.07) is 16.1. The van der Waals surface area contributed by atoms with Crippen molar-refractivity contribution < 1.29 is 14.3 Å². The molecule has 2 aliphatic heterocycles. The minimum absolute atomic E-state index is 0. The number of ether oxygens (including phenoxy) is 2. The largest absolute Gasteiger partial charge is 0.482 e. The topological polar surface area (TPSA) is 66.4 Å². The van der Waals surface area contributed by atoms with Crippen molar-refractivity contribution in [3.63, 3.8) is 0 Å². The van der Waals surface area contributed by atoms with Crippen LogP contribution in [-0.2, 0) is 9.53 Å². The third-order valence-corrected chi connectivity index (χ3v) is 5.85. The van der Waals surface area contributed by atoms with Crippen LogP contribution in [0, 0.1) is 6.92 Å². The van der Waals surface area contributed by atoms with Gasteiger partial charge in [-0.05, 0) is 43.5 Å². The van der Waals surface area contributed by atoms with E-state index in [0.29, 0.717) is 19.7 Å². The fourth-order valence-corrected chi connectivity index (χ4v) is 4.22. The van der Waals surface area contributed by atoms with Gasteiger partial charge in [-0.2, -0.15) is 0 Å². The Balaban J connectivity index is 0.00000306. The van der Waals surface area contributed by atoms with Gasteiger partial charge in [0.25, 0.3) is 5.91 Å². The monoisotopic (exact) mass is 564 g/mol. The number of halogens is 1. The van der Waals surface area contributed by atoms with Gasteiger partial charge in [-0.3, -0.25) is 9.79 Å². The molecule has 0 aliphatic carbocycles. The molecule has 2 aromatic rings. The first-order valence-electron chi connectivity index (χ1n) is 11.4. The Kier molecular flexibility index (Phi) is 9.37. The zero-order chi connectivity index (χ0) is 22.3. The number of carbonyl (C=O) groups excluding carboxylic acids is 1. The van der Waals surface area contributed by atoms with Gasteiger partial charge in [0, 0.05) is 26.2 Å². The average molecular weight is 564 g/mol. The van der Waals surface area contributed by atoms with Crippen LogP contribution in [0.2, 0.25) is 0 Å². The molecule has 1 unspecified atom stereocenters. The van der Waals surface area contributed by atoms with Crippen molar-refractivity contribution in [2.45, 2.75) is 26.4 Å². The quantitative estimate of drug-likeness (QED) is 0.251. The van der Waals surface area contributed by atoms with Gasteiger partial charge in [0.2, 0.25) is 0 Å². The highest BCUT2D eigenvalue weighted by atomic mass is 127. The molecular formula is C25H33IN4O3. The van der Waals surface area contributed by atoms with Crippen molar-refractivity contribution in [3.05, 3.63) is 59.7 Å². The minimum atomic E-state index is -0.00571. The van der Waals surface area contributed by atoms with Crippen LogP contribution in [0.3, 0.4) is 0 Å². The number of para-hydroxylation sites is 2. The van der Waals surface area contributed by atoms with Gasteiger partial charge in [0.1, 0.15) is 11.9 Å². The molecule has 1 atom stereocenters. The van der Waals surface area contributed by atoms with Crippen LogP contribution >= 0.6 is 24.0 Å². The molecule has 1 amide bonds. The predicted molar refractivity (Wildman–Crippen MR) is 142 cm³/mol. The van der Waals surface area contributed by atoms with E-state index in [-0.39, 0.29) is 42.6 Å². The summed E-state index contributed by atoms with van der Waals surface area (Å²) >= 11 is 0. The Labute approximate surface area is 213 Å². The van der Waals surface area contributed by atoms with Gasteiger partial charge in [-0.1, -0.05) is 36.4 Å². The third-order valence-electron chi connectivity index (χ3n) is 5.85. The van der Waals surface area contributed by atoms with E-state index in [1.165, 1.54) is 11.1 Å². The van der Waals surface area contributed by atoms with Crippen molar-refractivity contribution in [3.8, 4) is 5.75 Å². The Morgan fingerprint density at radius 3 is 2.79 bits per heavy atom. The lowest BCUT2D eigenvalue weighted by Gasteiger charge is -2.36. The van der Waals surface area contributed by atoms with Crippen molar-refractivity contribution in [2.24, 2.45) is 4.99 Å². The van der Waals surface area contributed by atoms with Crippen molar-refractivity contribution in [2.75, 3.05) is 50.8 Å². The molecule has 178 valence electrons. The highest BCUT2D eigenvalue weighted by Crippen LogP contribution is 2.31. The normalized spacial score (nSPS) is 18.3. The maximum absolute atomic E-state index is 12.4. The van der Waals surface area contributed by atoms with Crippen LogP contribution in [0.15, 0.2) is 53.5 Å². The second-order valence-electron chi connectivity index (χ2n) is 8.05. The molecule has 4 rings (SSSR count). The Hall–Kier alpha value is -2.33. The first-order chi connectivity index (χ1) is 15.7. The summed E-state index contributed by atoms with van der Waals surface area (Å²) in [7, 11) is 0. The highest BCUT2D eigenvalue weighted by Gasteiger charge is 2.26. The number of nitrogens with one attached hydrogen (secondary N) is 1. The standard InChI is InChI=1S/C25H32N4O3.HI/c1-3-26-25(28-15-16-31-23(17-28)20-10-5-4-9-19(20)2)27-13-8-14-29-21-11-6-7-12-22(21)32-18-24(29)30;/h4-7,9-12,23H,3,8,13-18H2,1-2H3,(H,26,27);1H. The molecule has 7 nitrogen and oxygen atoms in total. The zero-order valence-electron chi connectivity index (χ0n) is 19.3. The molecule has 0 aromatic heterocycles. The Morgan fingerprint density at radius 2 is 1.97 bits per heavy atom. The number of anilines is 1. The molecular weight excluding hydrogens is 531 g/mol. The summed E-state index contributed by atoms with van der Waals surface area (Å²) in [5.41, 5.74) is 3.32. The first kappa shape index (κ1) is 25.3. The number of amides is 1. The van der Waals surface area contributed by atoms with E-state index in [2.05, 4.69) is 48.3 Å². The molecule has 8 heteroatoms. The number of nitrogens with zero attached hydrogens (tertiary/aromatic N) is 3. The zero-order valence-corrected chi connectivity index (χ0v) is 21.7. The number of fused-ring (bicyclic) bond motifs is 1. The van der Waals surface area contributed by atoms with E-state index in [0.717, 1.165) is 43.5 Å². The van der Waals surface area contributed by atoms with Crippen LogP contribution in [0.1, 0.15) is 30.6 Å². The SMILES string of the molecule is CCNC(=NCCCN1C(=O)COc2ccccc21)N1CCOC(c2ccccc2C)C1.I. The van der Waals surface area contributed by atoms with Crippen LogP contribution < -0.4 is 15.0 Å². The molecule has 0 radical (unpaired) electrons. The lowest BCUT2D eigenvalue weighted by atomic mass is 10.0. The molecule has 2 aromatic carbocycles. The second kappa shape index (κ2) is 12.2. The van der Waals surface area contributed by atoms with Crippen molar-refractivity contribution >= 4 is 41.5 Å². The van der Waals surface area contributed by atoms with Gasteiger partial charge in [-0.15, -0.1) is 24.0 Å². The fourth-order valence-electron chi connectivity index (χ4n) is 4.22. The van der Waals surface area contributed by atoms with Crippen molar-refractivity contribution in [1.82, 2.24) is 10.2 Å². The number of aryl methyl sites for hydroxylation is 1. The van der Waals surface area contributed by atoms with E-state index in [9.17, 15) is 4.79 Å².